The summed E-state index contributed by atoms with van der Waals surface area (Å²) in [6.45, 7) is 0. The Bertz CT molecular complexity index is 282. The highest BCUT2D eigenvalue weighted by Gasteiger charge is 2.11. The maximum absolute atomic E-state index is 5.32. The number of thiol groups is 3. The van der Waals surface area contributed by atoms with E-state index in [0.717, 1.165) is 0 Å². The SMILES string of the molecule is SCOc1cccc(OCS)c1OCS. The minimum Gasteiger partial charge on any atom is -0.479 e. The lowest BCUT2D eigenvalue weighted by Gasteiger charge is -2.13. The van der Waals surface area contributed by atoms with Crippen molar-refractivity contribution < 1.29 is 14.2 Å². The second-order valence-corrected chi connectivity index (χ2v) is 3.18. The van der Waals surface area contributed by atoms with E-state index in [1.807, 2.05) is 6.07 Å². The second-order valence-electron chi connectivity index (χ2n) is 2.40. The van der Waals surface area contributed by atoms with Crippen LogP contribution in [0, 0.1) is 0 Å². The molecule has 1 aromatic rings. The zero-order valence-corrected chi connectivity index (χ0v) is 10.6. The van der Waals surface area contributed by atoms with Crippen molar-refractivity contribution in [3.63, 3.8) is 0 Å². The Morgan fingerprint density at radius 3 is 1.67 bits per heavy atom. The summed E-state index contributed by atoms with van der Waals surface area (Å²) in [6, 6.07) is 5.36. The van der Waals surface area contributed by atoms with Crippen molar-refractivity contribution in [3.05, 3.63) is 18.2 Å². The minimum atomic E-state index is 0.246. The molecule has 1 aromatic carbocycles. The highest BCUT2D eigenvalue weighted by atomic mass is 32.1. The Labute approximate surface area is 105 Å². The van der Waals surface area contributed by atoms with Gasteiger partial charge in [0, 0.05) is 0 Å². The molecule has 0 N–H and O–H groups in total. The van der Waals surface area contributed by atoms with Crippen LogP contribution in [0.2, 0.25) is 0 Å². The van der Waals surface area contributed by atoms with Gasteiger partial charge in [0.2, 0.25) is 5.75 Å². The number of benzene rings is 1. The Kier molecular flexibility index (Phi) is 5.97. The van der Waals surface area contributed by atoms with Gasteiger partial charge < -0.3 is 14.2 Å². The molecule has 0 aliphatic rings. The molecule has 84 valence electrons. The third kappa shape index (κ3) is 3.62. The molecule has 6 heteroatoms. The van der Waals surface area contributed by atoms with Crippen LogP contribution in [0.25, 0.3) is 0 Å². The molecule has 0 aliphatic heterocycles. The lowest BCUT2D eigenvalue weighted by Crippen LogP contribution is -2.00. The maximum Gasteiger partial charge on any atom is 0.204 e. The lowest BCUT2D eigenvalue weighted by molar-refractivity contribution is 0.307. The van der Waals surface area contributed by atoms with Gasteiger partial charge in [-0.1, -0.05) is 6.07 Å². The second kappa shape index (κ2) is 7.03. The molecule has 0 unspecified atom stereocenters. The number of hydrogen-bond acceptors (Lipinski definition) is 6. The van der Waals surface area contributed by atoms with E-state index < -0.39 is 0 Å². The monoisotopic (exact) mass is 264 g/mol. The quantitative estimate of drug-likeness (QED) is 0.544. The van der Waals surface area contributed by atoms with E-state index in [9.17, 15) is 0 Å². The third-order valence-corrected chi connectivity index (χ3v) is 1.98. The van der Waals surface area contributed by atoms with Crippen LogP contribution in [0.1, 0.15) is 0 Å². The molecule has 0 bridgehead atoms. The molecule has 0 atom stereocenters. The van der Waals surface area contributed by atoms with Gasteiger partial charge in [0.1, 0.15) is 17.8 Å². The Morgan fingerprint density at radius 1 is 0.800 bits per heavy atom. The number of ether oxygens (including phenoxy) is 3. The smallest absolute Gasteiger partial charge is 0.204 e. The summed E-state index contributed by atoms with van der Waals surface area (Å²) in [5.41, 5.74) is 0. The summed E-state index contributed by atoms with van der Waals surface area (Å²) in [6.07, 6.45) is 0. The molecule has 0 spiro atoms. The molecule has 0 radical (unpaired) electrons. The van der Waals surface area contributed by atoms with Gasteiger partial charge in [-0.15, -0.1) is 37.9 Å². The summed E-state index contributed by atoms with van der Waals surface area (Å²) in [5, 5.41) is 0. The molecule has 3 nitrogen and oxygen atoms in total. The molecule has 0 amide bonds. The van der Waals surface area contributed by atoms with Gasteiger partial charge in [-0.3, -0.25) is 0 Å². The van der Waals surface area contributed by atoms with Crippen molar-refractivity contribution in [3.8, 4) is 17.2 Å². The number of para-hydroxylation sites is 1. The highest BCUT2D eigenvalue weighted by Crippen LogP contribution is 2.37. The third-order valence-electron chi connectivity index (χ3n) is 1.59. The summed E-state index contributed by atoms with van der Waals surface area (Å²) >= 11 is 12.0. The molecule has 0 saturated heterocycles. The summed E-state index contributed by atoms with van der Waals surface area (Å²) in [5.74, 6) is 2.48. The van der Waals surface area contributed by atoms with Crippen molar-refractivity contribution in [2.45, 2.75) is 0 Å². The van der Waals surface area contributed by atoms with Gasteiger partial charge >= 0.3 is 0 Å². The predicted octanol–water partition coefficient (Wildman–Crippen LogP) is 2.48. The first-order chi connectivity index (χ1) is 7.33. The largest absolute Gasteiger partial charge is 0.479 e. The van der Waals surface area contributed by atoms with E-state index in [1.54, 1.807) is 12.1 Å². The van der Waals surface area contributed by atoms with Crippen LogP contribution in [0.5, 0.6) is 17.2 Å². The van der Waals surface area contributed by atoms with Gasteiger partial charge in [0.05, 0.1) is 0 Å². The van der Waals surface area contributed by atoms with Crippen molar-refractivity contribution in [2.75, 3.05) is 17.8 Å². The van der Waals surface area contributed by atoms with Crippen LogP contribution >= 0.6 is 37.9 Å². The summed E-state index contributed by atoms with van der Waals surface area (Å²) < 4.78 is 15.9. The number of hydrogen-bond donors (Lipinski definition) is 3. The van der Waals surface area contributed by atoms with Crippen LogP contribution in [-0.4, -0.2) is 17.8 Å². The van der Waals surface area contributed by atoms with Gasteiger partial charge in [-0.05, 0) is 12.1 Å². The average molecular weight is 264 g/mol. The molecule has 0 fully saturated rings. The fraction of sp³-hybridized carbons (Fsp3) is 0.333. The number of rotatable bonds is 6. The fourth-order valence-electron chi connectivity index (χ4n) is 1.07. The fourth-order valence-corrected chi connectivity index (χ4v) is 1.48. The predicted molar refractivity (Wildman–Crippen MR) is 69.9 cm³/mol. The first kappa shape index (κ1) is 12.7. The molecule has 0 heterocycles. The zero-order valence-electron chi connectivity index (χ0n) is 7.92. The van der Waals surface area contributed by atoms with E-state index in [1.165, 1.54) is 0 Å². The van der Waals surface area contributed by atoms with E-state index in [0.29, 0.717) is 17.2 Å². The van der Waals surface area contributed by atoms with Crippen LogP contribution < -0.4 is 14.2 Å². The Balaban J connectivity index is 2.97. The van der Waals surface area contributed by atoms with Gasteiger partial charge in [0.15, 0.2) is 11.5 Å². The average Bonchev–Trinajstić information content (AvgIpc) is 2.23. The van der Waals surface area contributed by atoms with E-state index in [4.69, 9.17) is 14.2 Å². The zero-order chi connectivity index (χ0) is 11.1. The molecular weight excluding hydrogens is 252 g/mol. The molecule has 0 aromatic heterocycles. The topological polar surface area (TPSA) is 27.7 Å². The Hall–Kier alpha value is -0.330. The molecule has 15 heavy (non-hydrogen) atoms. The maximum atomic E-state index is 5.32. The molecule has 0 saturated carbocycles. The van der Waals surface area contributed by atoms with Crippen LogP contribution in [-0.2, 0) is 0 Å². The molecular formula is C9H12O3S3. The lowest BCUT2D eigenvalue weighted by atomic mass is 10.3. The van der Waals surface area contributed by atoms with Crippen LogP contribution in [0.3, 0.4) is 0 Å². The standard InChI is InChI=1S/C9H12O3S3/c13-4-10-7-2-1-3-8(11-5-14)9(7)12-6-15/h1-3,13-15H,4-6H2. The van der Waals surface area contributed by atoms with Crippen molar-refractivity contribution >= 4 is 37.9 Å². The van der Waals surface area contributed by atoms with E-state index in [-0.39, 0.29) is 17.8 Å². The summed E-state index contributed by atoms with van der Waals surface area (Å²) in [4.78, 5) is 0. The van der Waals surface area contributed by atoms with Crippen LogP contribution in [0.4, 0.5) is 0 Å². The van der Waals surface area contributed by atoms with Gasteiger partial charge in [-0.2, -0.15) is 0 Å². The van der Waals surface area contributed by atoms with E-state index in [2.05, 4.69) is 37.9 Å². The van der Waals surface area contributed by atoms with E-state index >= 15 is 0 Å². The minimum absolute atomic E-state index is 0.246. The highest BCUT2D eigenvalue weighted by molar-refractivity contribution is 7.80. The van der Waals surface area contributed by atoms with Crippen molar-refractivity contribution in [1.29, 1.82) is 0 Å². The van der Waals surface area contributed by atoms with Crippen molar-refractivity contribution in [2.24, 2.45) is 0 Å². The Morgan fingerprint density at radius 2 is 1.27 bits per heavy atom. The van der Waals surface area contributed by atoms with Gasteiger partial charge in [0.25, 0.3) is 0 Å². The molecule has 0 aliphatic carbocycles. The normalized spacial score (nSPS) is 9.80. The van der Waals surface area contributed by atoms with Crippen molar-refractivity contribution in [1.82, 2.24) is 0 Å². The van der Waals surface area contributed by atoms with Crippen LogP contribution in [0.15, 0.2) is 18.2 Å². The van der Waals surface area contributed by atoms with Gasteiger partial charge in [-0.25, -0.2) is 0 Å². The summed E-state index contributed by atoms with van der Waals surface area (Å²) in [7, 11) is 0. The molecule has 1 rings (SSSR count). The first-order valence-corrected chi connectivity index (χ1v) is 6.07. The first-order valence-electron chi connectivity index (χ1n) is 4.17.